The standard InChI is InChI=1S/C24H28N4O6S/c1-3-4-11-35(31,32)28-19(24(30)33-2)12-15-5-8-18(9-6-15)27-23(29)21-14-17-13-16(22(25)26)7-10-20(17)34-21/h5-10,13-14,19,28H,3-4,11-12H2,1-2H3,(H3,25,26)(H,27,29). The van der Waals surface area contributed by atoms with Crippen molar-refractivity contribution < 1.29 is 27.2 Å². The average molecular weight is 501 g/mol. The fraction of sp³-hybridized carbons (Fsp3) is 0.292. The van der Waals surface area contributed by atoms with Gasteiger partial charge in [-0.3, -0.25) is 15.0 Å². The van der Waals surface area contributed by atoms with Gasteiger partial charge in [0, 0.05) is 16.6 Å². The lowest BCUT2D eigenvalue weighted by Crippen LogP contribution is -2.43. The van der Waals surface area contributed by atoms with Crippen LogP contribution in [0.3, 0.4) is 0 Å². The van der Waals surface area contributed by atoms with Gasteiger partial charge in [-0.25, -0.2) is 13.1 Å². The number of nitrogens with one attached hydrogen (secondary N) is 3. The van der Waals surface area contributed by atoms with E-state index in [2.05, 4.69) is 10.0 Å². The van der Waals surface area contributed by atoms with Gasteiger partial charge in [0.2, 0.25) is 10.0 Å². The summed E-state index contributed by atoms with van der Waals surface area (Å²) in [7, 11) is -2.43. The van der Waals surface area contributed by atoms with Crippen molar-refractivity contribution in [2.24, 2.45) is 5.73 Å². The van der Waals surface area contributed by atoms with E-state index in [4.69, 9.17) is 20.3 Å². The first-order valence-corrected chi connectivity index (χ1v) is 12.6. The highest BCUT2D eigenvalue weighted by Crippen LogP contribution is 2.22. The number of amidine groups is 1. The molecule has 11 heteroatoms. The second kappa shape index (κ2) is 11.2. The first-order chi connectivity index (χ1) is 16.6. The molecule has 2 aromatic carbocycles. The van der Waals surface area contributed by atoms with Gasteiger partial charge in [0.05, 0.1) is 12.9 Å². The highest BCUT2D eigenvalue weighted by atomic mass is 32.2. The Labute approximate surface area is 203 Å². The van der Waals surface area contributed by atoms with Crippen molar-refractivity contribution in [2.45, 2.75) is 32.2 Å². The number of esters is 1. The summed E-state index contributed by atoms with van der Waals surface area (Å²) < 4.78 is 37.2. The van der Waals surface area contributed by atoms with Crippen LogP contribution in [0.2, 0.25) is 0 Å². The van der Waals surface area contributed by atoms with Crippen LogP contribution in [0.4, 0.5) is 5.69 Å². The Hall–Kier alpha value is -3.70. The number of methoxy groups -OCH3 is 1. The predicted molar refractivity (Wildman–Crippen MR) is 133 cm³/mol. The van der Waals surface area contributed by atoms with E-state index in [1.54, 1.807) is 48.5 Å². The molecule has 5 N–H and O–H groups in total. The van der Waals surface area contributed by atoms with E-state index in [0.717, 1.165) is 0 Å². The van der Waals surface area contributed by atoms with E-state index < -0.39 is 27.9 Å². The van der Waals surface area contributed by atoms with Crippen LogP contribution in [0.25, 0.3) is 11.0 Å². The molecule has 0 bridgehead atoms. The van der Waals surface area contributed by atoms with Gasteiger partial charge >= 0.3 is 5.97 Å². The molecule has 1 amide bonds. The maximum atomic E-state index is 12.6. The van der Waals surface area contributed by atoms with E-state index in [1.165, 1.54) is 7.11 Å². The number of hydrogen-bond acceptors (Lipinski definition) is 7. The van der Waals surface area contributed by atoms with Crippen LogP contribution in [0, 0.1) is 5.41 Å². The molecule has 35 heavy (non-hydrogen) atoms. The zero-order chi connectivity index (χ0) is 25.6. The van der Waals surface area contributed by atoms with Crippen LogP contribution in [0.5, 0.6) is 0 Å². The predicted octanol–water partition coefficient (Wildman–Crippen LogP) is 2.77. The minimum atomic E-state index is -3.63. The molecule has 1 aromatic heterocycles. The maximum Gasteiger partial charge on any atom is 0.324 e. The minimum Gasteiger partial charge on any atom is -0.468 e. The number of furan rings is 1. The normalized spacial score (nSPS) is 12.3. The molecule has 186 valence electrons. The number of hydrogen-bond donors (Lipinski definition) is 4. The molecule has 0 aliphatic carbocycles. The van der Waals surface area contributed by atoms with Gasteiger partial charge in [-0.2, -0.15) is 0 Å². The fourth-order valence-electron chi connectivity index (χ4n) is 3.40. The Balaban J connectivity index is 1.68. The molecule has 0 saturated carbocycles. The summed E-state index contributed by atoms with van der Waals surface area (Å²) in [6.45, 7) is 1.88. The van der Waals surface area contributed by atoms with Crippen molar-refractivity contribution in [3.8, 4) is 0 Å². The lowest BCUT2D eigenvalue weighted by atomic mass is 10.1. The van der Waals surface area contributed by atoms with Crippen molar-refractivity contribution >= 4 is 44.4 Å². The lowest BCUT2D eigenvalue weighted by molar-refractivity contribution is -0.142. The van der Waals surface area contributed by atoms with Crippen molar-refractivity contribution in [3.63, 3.8) is 0 Å². The van der Waals surface area contributed by atoms with E-state index in [0.29, 0.717) is 40.6 Å². The molecule has 1 atom stereocenters. The number of carbonyl (C=O) groups excluding carboxylic acids is 2. The van der Waals surface area contributed by atoms with Gasteiger partial charge in [-0.1, -0.05) is 25.5 Å². The Morgan fingerprint density at radius 1 is 1.14 bits per heavy atom. The molecule has 1 heterocycles. The topological polar surface area (TPSA) is 165 Å². The zero-order valence-corrected chi connectivity index (χ0v) is 20.3. The molecule has 0 spiro atoms. The molecular formula is C24H28N4O6S. The second-order valence-corrected chi connectivity index (χ2v) is 9.87. The zero-order valence-electron chi connectivity index (χ0n) is 19.5. The first-order valence-electron chi connectivity index (χ1n) is 11.0. The number of fused-ring (bicyclic) bond motifs is 1. The van der Waals surface area contributed by atoms with Crippen molar-refractivity contribution in [1.82, 2.24) is 4.72 Å². The third-order valence-corrected chi connectivity index (χ3v) is 6.75. The summed E-state index contributed by atoms with van der Waals surface area (Å²) in [4.78, 5) is 24.8. The molecule has 0 aliphatic rings. The highest BCUT2D eigenvalue weighted by Gasteiger charge is 2.25. The second-order valence-electron chi connectivity index (χ2n) is 8.00. The van der Waals surface area contributed by atoms with Crippen LogP contribution in [-0.4, -0.2) is 45.0 Å². The number of rotatable bonds is 11. The molecule has 3 rings (SSSR count). The van der Waals surface area contributed by atoms with Crippen LogP contribution in [0.15, 0.2) is 52.9 Å². The van der Waals surface area contributed by atoms with Crippen LogP contribution < -0.4 is 15.8 Å². The van der Waals surface area contributed by atoms with Crippen molar-refractivity contribution in [2.75, 3.05) is 18.2 Å². The number of nitrogen functional groups attached to an aromatic ring is 1. The third-order valence-electron chi connectivity index (χ3n) is 5.28. The Kier molecular flexibility index (Phi) is 8.26. The maximum absolute atomic E-state index is 12.6. The van der Waals surface area contributed by atoms with Crippen molar-refractivity contribution in [3.05, 3.63) is 65.4 Å². The van der Waals surface area contributed by atoms with E-state index in [9.17, 15) is 18.0 Å². The quantitative estimate of drug-likeness (QED) is 0.178. The summed E-state index contributed by atoms with van der Waals surface area (Å²) in [5, 5.41) is 10.9. The number of anilines is 1. The number of sulfonamides is 1. The van der Waals surface area contributed by atoms with Gasteiger partial charge < -0.3 is 20.2 Å². The molecule has 3 aromatic rings. The monoisotopic (exact) mass is 500 g/mol. The van der Waals surface area contributed by atoms with Gasteiger partial charge in [0.15, 0.2) is 5.76 Å². The average Bonchev–Trinajstić information content (AvgIpc) is 3.26. The smallest absolute Gasteiger partial charge is 0.324 e. The Morgan fingerprint density at radius 3 is 2.49 bits per heavy atom. The summed E-state index contributed by atoms with van der Waals surface area (Å²) in [6.07, 6.45) is 1.29. The van der Waals surface area contributed by atoms with Crippen molar-refractivity contribution in [1.29, 1.82) is 5.41 Å². The van der Waals surface area contributed by atoms with Crippen LogP contribution in [0.1, 0.15) is 41.4 Å². The van der Waals surface area contributed by atoms with E-state index >= 15 is 0 Å². The molecule has 10 nitrogen and oxygen atoms in total. The number of carbonyl (C=O) groups is 2. The third kappa shape index (κ3) is 6.90. The summed E-state index contributed by atoms with van der Waals surface area (Å²) in [5.41, 5.74) is 7.69. The molecule has 1 unspecified atom stereocenters. The van der Waals surface area contributed by atoms with E-state index in [1.807, 2.05) is 6.92 Å². The first kappa shape index (κ1) is 25.9. The van der Waals surface area contributed by atoms with Gasteiger partial charge in [-0.15, -0.1) is 0 Å². The SMILES string of the molecule is CCCCS(=O)(=O)NC(Cc1ccc(NC(=O)c2cc3cc(C(=N)N)ccc3o2)cc1)C(=O)OC. The van der Waals surface area contributed by atoms with Gasteiger partial charge in [0.1, 0.15) is 17.5 Å². The lowest BCUT2D eigenvalue weighted by Gasteiger charge is -2.17. The summed E-state index contributed by atoms with van der Waals surface area (Å²) in [6, 6.07) is 12.1. The molecule has 0 radical (unpaired) electrons. The number of amides is 1. The van der Waals surface area contributed by atoms with E-state index in [-0.39, 0.29) is 23.8 Å². The number of ether oxygens (including phenoxy) is 1. The number of unbranched alkanes of at least 4 members (excludes halogenated alkanes) is 1. The largest absolute Gasteiger partial charge is 0.468 e. The van der Waals surface area contributed by atoms with Gasteiger partial charge in [0.25, 0.3) is 5.91 Å². The summed E-state index contributed by atoms with van der Waals surface area (Å²) >= 11 is 0. The van der Waals surface area contributed by atoms with Crippen LogP contribution in [-0.2, 0) is 26.0 Å². The number of nitrogens with two attached hydrogens (primary N) is 1. The Morgan fingerprint density at radius 2 is 1.86 bits per heavy atom. The Bertz CT molecular complexity index is 1330. The molecule has 0 aliphatic heterocycles. The molecular weight excluding hydrogens is 472 g/mol. The molecule has 0 saturated heterocycles. The minimum absolute atomic E-state index is 0.0696. The summed E-state index contributed by atoms with van der Waals surface area (Å²) in [5.74, 6) is -1.20. The fourth-order valence-corrected chi connectivity index (χ4v) is 4.80. The van der Waals surface area contributed by atoms with Crippen LogP contribution >= 0.6 is 0 Å². The number of benzene rings is 2. The highest BCUT2D eigenvalue weighted by molar-refractivity contribution is 7.89. The van der Waals surface area contributed by atoms with Gasteiger partial charge in [-0.05, 0) is 54.8 Å². The molecule has 0 fully saturated rings.